The molecule has 0 bridgehead atoms. The molecule has 0 radical (unpaired) electrons. The number of carbonyl (C=O) groups excluding carboxylic acids is 2. The summed E-state index contributed by atoms with van der Waals surface area (Å²) in [4.78, 5) is 32.0. The summed E-state index contributed by atoms with van der Waals surface area (Å²) in [5, 5.41) is 4.84. The molecule has 2 rings (SSSR count). The van der Waals surface area contributed by atoms with Gasteiger partial charge in [0.2, 0.25) is 5.88 Å². The molecule has 0 spiro atoms. The second-order valence-corrected chi connectivity index (χ2v) is 5.76. The van der Waals surface area contributed by atoms with Gasteiger partial charge in [-0.05, 0) is 19.9 Å². The first-order valence-corrected chi connectivity index (χ1v) is 8.50. The first-order chi connectivity index (χ1) is 11.5. The molecule has 9 heteroatoms. The van der Waals surface area contributed by atoms with Gasteiger partial charge >= 0.3 is 5.97 Å². The van der Waals surface area contributed by atoms with Crippen molar-refractivity contribution in [2.45, 2.75) is 20.3 Å². The van der Waals surface area contributed by atoms with Gasteiger partial charge in [-0.25, -0.2) is 9.97 Å². The van der Waals surface area contributed by atoms with E-state index in [9.17, 15) is 9.59 Å². The van der Waals surface area contributed by atoms with Crippen molar-refractivity contribution >= 4 is 39.9 Å². The third kappa shape index (κ3) is 4.90. The maximum Gasteiger partial charge on any atom is 0.311 e. The zero-order valence-corrected chi connectivity index (χ0v) is 14.7. The fourth-order valence-corrected chi connectivity index (χ4v) is 2.67. The number of pyridine rings is 1. The van der Waals surface area contributed by atoms with Gasteiger partial charge in [0.1, 0.15) is 0 Å². The number of amides is 1. The van der Waals surface area contributed by atoms with Crippen LogP contribution >= 0.6 is 22.9 Å². The summed E-state index contributed by atoms with van der Waals surface area (Å²) in [7, 11) is 0. The minimum atomic E-state index is -0.501. The first kappa shape index (κ1) is 18.2. The monoisotopic (exact) mass is 369 g/mol. The molecule has 0 aliphatic rings. The lowest BCUT2D eigenvalue weighted by Gasteiger charge is -2.06. The molecule has 2 aromatic heterocycles. The molecule has 1 N–H and O–H groups in total. The third-order valence-corrected chi connectivity index (χ3v) is 3.84. The van der Waals surface area contributed by atoms with Gasteiger partial charge in [0.25, 0.3) is 5.91 Å². The number of carbonyl (C=O) groups is 2. The molecule has 0 atom stereocenters. The fourth-order valence-electron chi connectivity index (χ4n) is 1.77. The Morgan fingerprint density at radius 1 is 1.25 bits per heavy atom. The van der Waals surface area contributed by atoms with Gasteiger partial charge in [0.05, 0.1) is 30.4 Å². The van der Waals surface area contributed by atoms with E-state index in [-0.39, 0.29) is 23.1 Å². The number of nitrogens with zero attached hydrogens (tertiary/aromatic N) is 2. The van der Waals surface area contributed by atoms with Crippen LogP contribution in [0.1, 0.15) is 30.0 Å². The van der Waals surface area contributed by atoms with Crippen molar-refractivity contribution in [1.29, 1.82) is 0 Å². The third-order valence-electron chi connectivity index (χ3n) is 2.73. The van der Waals surface area contributed by atoms with E-state index in [0.29, 0.717) is 29.9 Å². The van der Waals surface area contributed by atoms with Gasteiger partial charge < -0.3 is 9.47 Å². The second kappa shape index (κ2) is 8.60. The summed E-state index contributed by atoms with van der Waals surface area (Å²) in [5.41, 5.74) is 0.570. The number of esters is 1. The number of hydrogen-bond acceptors (Lipinski definition) is 7. The highest BCUT2D eigenvalue weighted by atomic mass is 35.5. The van der Waals surface area contributed by atoms with Gasteiger partial charge in [-0.15, -0.1) is 11.3 Å². The van der Waals surface area contributed by atoms with Crippen LogP contribution in [-0.2, 0) is 16.0 Å². The molecular formula is C15H16ClN3O4S. The summed E-state index contributed by atoms with van der Waals surface area (Å²) in [6, 6.07) is 3.13. The van der Waals surface area contributed by atoms with E-state index in [4.69, 9.17) is 21.1 Å². The standard InChI is InChI=1S/C15H16ClN3O4S/c1-3-22-11-6-5-10(16)13(18-11)14(21)19-15-17-9(8-24-15)7-12(20)23-4-2/h5-6,8H,3-4,7H2,1-2H3,(H,17,19,21). The highest BCUT2D eigenvalue weighted by Crippen LogP contribution is 2.21. The minimum Gasteiger partial charge on any atom is -0.478 e. The van der Waals surface area contributed by atoms with Crippen LogP contribution in [0.4, 0.5) is 5.13 Å². The number of aromatic nitrogens is 2. The van der Waals surface area contributed by atoms with Crippen LogP contribution in [-0.4, -0.2) is 35.1 Å². The van der Waals surface area contributed by atoms with Crippen LogP contribution in [0.3, 0.4) is 0 Å². The second-order valence-electron chi connectivity index (χ2n) is 4.49. The average molecular weight is 370 g/mol. The zero-order chi connectivity index (χ0) is 17.5. The van der Waals surface area contributed by atoms with E-state index < -0.39 is 5.91 Å². The predicted octanol–water partition coefficient (Wildman–Crippen LogP) is 2.95. The lowest BCUT2D eigenvalue weighted by Crippen LogP contribution is -2.15. The topological polar surface area (TPSA) is 90.4 Å². The molecule has 0 aliphatic heterocycles. The minimum absolute atomic E-state index is 0.0461. The van der Waals surface area contributed by atoms with Crippen LogP contribution in [0.15, 0.2) is 17.5 Å². The van der Waals surface area contributed by atoms with Gasteiger partial charge in [0.15, 0.2) is 10.8 Å². The van der Waals surface area contributed by atoms with Crippen molar-refractivity contribution < 1.29 is 19.1 Å². The zero-order valence-electron chi connectivity index (χ0n) is 13.2. The van der Waals surface area contributed by atoms with Crippen molar-refractivity contribution in [2.24, 2.45) is 0 Å². The van der Waals surface area contributed by atoms with Crippen molar-refractivity contribution in [3.05, 3.63) is 33.9 Å². The highest BCUT2D eigenvalue weighted by molar-refractivity contribution is 7.14. The van der Waals surface area contributed by atoms with Gasteiger partial charge in [-0.3, -0.25) is 14.9 Å². The summed E-state index contributed by atoms with van der Waals surface area (Å²) < 4.78 is 10.1. The largest absolute Gasteiger partial charge is 0.478 e. The maximum absolute atomic E-state index is 12.3. The van der Waals surface area contributed by atoms with E-state index in [1.165, 1.54) is 11.3 Å². The predicted molar refractivity (Wildman–Crippen MR) is 90.8 cm³/mol. The van der Waals surface area contributed by atoms with Crippen molar-refractivity contribution in [3.8, 4) is 5.88 Å². The summed E-state index contributed by atoms with van der Waals surface area (Å²) in [5.74, 6) is -0.553. The SMILES string of the molecule is CCOC(=O)Cc1csc(NC(=O)c2nc(OCC)ccc2Cl)n1. The fraction of sp³-hybridized carbons (Fsp3) is 0.333. The Kier molecular flexibility index (Phi) is 6.51. The molecule has 24 heavy (non-hydrogen) atoms. The Morgan fingerprint density at radius 2 is 2.04 bits per heavy atom. The quantitative estimate of drug-likeness (QED) is 0.754. The summed E-state index contributed by atoms with van der Waals surface area (Å²) in [6.45, 7) is 4.29. The Bertz CT molecular complexity index is 735. The molecule has 1 amide bonds. The number of thiazole rings is 1. The number of ether oxygens (including phenoxy) is 2. The lowest BCUT2D eigenvalue weighted by molar-refractivity contribution is -0.142. The van der Waals surface area contributed by atoms with E-state index in [2.05, 4.69) is 15.3 Å². The number of rotatable bonds is 7. The molecule has 0 aliphatic carbocycles. The number of halogens is 1. The first-order valence-electron chi connectivity index (χ1n) is 7.24. The van der Waals surface area contributed by atoms with Crippen LogP contribution in [0.5, 0.6) is 5.88 Å². The number of hydrogen-bond donors (Lipinski definition) is 1. The molecule has 128 valence electrons. The number of anilines is 1. The van der Waals surface area contributed by atoms with Crippen molar-refractivity contribution in [2.75, 3.05) is 18.5 Å². The van der Waals surface area contributed by atoms with E-state index in [1.807, 2.05) is 6.92 Å². The lowest BCUT2D eigenvalue weighted by atomic mass is 10.3. The molecule has 0 fully saturated rings. The normalized spacial score (nSPS) is 10.3. The van der Waals surface area contributed by atoms with E-state index in [1.54, 1.807) is 24.4 Å². The van der Waals surface area contributed by atoms with Crippen molar-refractivity contribution in [1.82, 2.24) is 9.97 Å². The molecule has 2 heterocycles. The number of nitrogens with one attached hydrogen (secondary N) is 1. The van der Waals surface area contributed by atoms with Crippen LogP contribution in [0, 0.1) is 0 Å². The maximum atomic E-state index is 12.3. The Balaban J connectivity index is 2.06. The Hall–Kier alpha value is -2.19. The highest BCUT2D eigenvalue weighted by Gasteiger charge is 2.16. The van der Waals surface area contributed by atoms with E-state index in [0.717, 1.165) is 0 Å². The average Bonchev–Trinajstić information content (AvgIpc) is 2.96. The van der Waals surface area contributed by atoms with E-state index >= 15 is 0 Å². The van der Waals surface area contributed by atoms with Crippen LogP contribution in [0.25, 0.3) is 0 Å². The van der Waals surface area contributed by atoms with Crippen LogP contribution < -0.4 is 10.1 Å². The smallest absolute Gasteiger partial charge is 0.311 e. The van der Waals surface area contributed by atoms with Gasteiger partial charge in [-0.2, -0.15) is 0 Å². The molecule has 0 saturated carbocycles. The molecule has 0 unspecified atom stereocenters. The Labute approximate surface area is 148 Å². The molecule has 0 aromatic carbocycles. The summed E-state index contributed by atoms with van der Waals surface area (Å²) in [6.07, 6.45) is 0.0546. The van der Waals surface area contributed by atoms with Crippen LogP contribution in [0.2, 0.25) is 5.02 Å². The molecular weight excluding hydrogens is 354 g/mol. The molecule has 0 saturated heterocycles. The van der Waals surface area contributed by atoms with Gasteiger partial charge in [0, 0.05) is 11.4 Å². The van der Waals surface area contributed by atoms with Crippen molar-refractivity contribution in [3.63, 3.8) is 0 Å². The molecule has 2 aromatic rings. The summed E-state index contributed by atoms with van der Waals surface area (Å²) >= 11 is 7.21. The van der Waals surface area contributed by atoms with Gasteiger partial charge in [-0.1, -0.05) is 11.6 Å². The molecule has 7 nitrogen and oxygen atoms in total. The Morgan fingerprint density at radius 3 is 2.75 bits per heavy atom.